The molecule has 9 heavy (non-hydrogen) atoms. The van der Waals surface area contributed by atoms with Gasteiger partial charge in [-0.3, -0.25) is 4.79 Å². The van der Waals surface area contributed by atoms with Crippen molar-refractivity contribution in [1.82, 2.24) is 0 Å². The second-order valence-corrected chi connectivity index (χ2v) is 2.76. The van der Waals surface area contributed by atoms with E-state index in [9.17, 15) is 4.79 Å². The number of carbonyl (C=O) groups excluding carboxylic acids is 1. The Morgan fingerprint density at radius 2 is 2.22 bits per heavy atom. The molecule has 2 heteroatoms. The number of Topliss-reactive ketones (excluding diaryl/α,β-unsaturated/α-hetero) is 1. The van der Waals surface area contributed by atoms with E-state index in [1.165, 1.54) is 0 Å². The maximum atomic E-state index is 10.8. The number of ketones is 1. The lowest BCUT2D eigenvalue weighted by molar-refractivity contribution is -0.114. The fraction of sp³-hybridized carbons (Fsp3) is 0.286. The van der Waals surface area contributed by atoms with Gasteiger partial charge in [-0.1, -0.05) is 12.7 Å². The molecule has 0 radical (unpaired) electrons. The quantitative estimate of drug-likeness (QED) is 0.614. The fourth-order valence-electron chi connectivity index (χ4n) is 0.838. The first-order valence-electron chi connectivity index (χ1n) is 2.80. The summed E-state index contributed by atoms with van der Waals surface area (Å²) in [5, 5.41) is 0. The summed E-state index contributed by atoms with van der Waals surface area (Å²) in [6.45, 7) is 3.59. The fourth-order valence-corrected chi connectivity index (χ4v) is 1.40. The van der Waals surface area contributed by atoms with E-state index >= 15 is 0 Å². The maximum absolute atomic E-state index is 10.8. The summed E-state index contributed by atoms with van der Waals surface area (Å²) in [5.41, 5.74) is 1.04. The first kappa shape index (κ1) is 6.75. The molecule has 0 saturated carbocycles. The van der Waals surface area contributed by atoms with Gasteiger partial charge in [0.1, 0.15) is 0 Å². The van der Waals surface area contributed by atoms with Crippen LogP contribution in [0.1, 0.15) is 12.8 Å². The van der Waals surface area contributed by atoms with Gasteiger partial charge in [0, 0.05) is 6.42 Å². The van der Waals surface area contributed by atoms with Crippen molar-refractivity contribution in [3.63, 3.8) is 0 Å². The van der Waals surface area contributed by atoms with Crippen molar-refractivity contribution in [2.24, 2.45) is 0 Å². The molecule has 0 atom stereocenters. The van der Waals surface area contributed by atoms with Crippen LogP contribution in [0.3, 0.4) is 0 Å². The van der Waals surface area contributed by atoms with Crippen LogP contribution >= 0.6 is 15.9 Å². The zero-order valence-electron chi connectivity index (χ0n) is 4.98. The van der Waals surface area contributed by atoms with Gasteiger partial charge in [0.25, 0.3) is 0 Å². The predicted octanol–water partition coefficient (Wildman–Crippen LogP) is 2.18. The Balaban J connectivity index is 2.92. The molecule has 0 unspecified atom stereocenters. The topological polar surface area (TPSA) is 17.1 Å². The SMILES string of the molecule is C=CC1=C(Br)C(=O)CC1. The standard InChI is InChI=1S/C7H7BrO/c1-2-5-3-4-6(9)7(5)8/h2H,1,3-4H2. The van der Waals surface area contributed by atoms with Crippen LogP contribution in [0.15, 0.2) is 22.7 Å². The van der Waals surface area contributed by atoms with Crippen LogP contribution in [0.4, 0.5) is 0 Å². The Labute approximate surface area is 62.6 Å². The largest absolute Gasteiger partial charge is 0.294 e. The Kier molecular flexibility index (Phi) is 1.86. The van der Waals surface area contributed by atoms with Gasteiger partial charge in [-0.25, -0.2) is 0 Å². The molecule has 1 aliphatic rings. The minimum Gasteiger partial charge on any atom is -0.294 e. The third kappa shape index (κ3) is 1.13. The summed E-state index contributed by atoms with van der Waals surface area (Å²) in [4.78, 5) is 10.8. The number of rotatable bonds is 1. The summed E-state index contributed by atoms with van der Waals surface area (Å²) in [6, 6.07) is 0. The highest BCUT2D eigenvalue weighted by Gasteiger charge is 2.17. The number of halogens is 1. The molecule has 0 fully saturated rings. The molecule has 0 saturated heterocycles. The molecular weight excluding hydrogens is 180 g/mol. The summed E-state index contributed by atoms with van der Waals surface area (Å²) in [5.74, 6) is 0.199. The van der Waals surface area contributed by atoms with Crippen molar-refractivity contribution < 1.29 is 4.79 Å². The lowest BCUT2D eigenvalue weighted by atomic mass is 10.2. The Hall–Kier alpha value is -0.370. The van der Waals surface area contributed by atoms with Gasteiger partial charge in [0.15, 0.2) is 5.78 Å². The van der Waals surface area contributed by atoms with E-state index in [2.05, 4.69) is 22.5 Å². The molecule has 0 bridgehead atoms. The lowest BCUT2D eigenvalue weighted by Crippen LogP contribution is -1.86. The zero-order chi connectivity index (χ0) is 6.85. The smallest absolute Gasteiger partial charge is 0.170 e. The van der Waals surface area contributed by atoms with E-state index in [0.29, 0.717) is 6.42 Å². The molecule has 1 aliphatic carbocycles. The highest BCUT2D eigenvalue weighted by molar-refractivity contribution is 9.12. The van der Waals surface area contributed by atoms with Gasteiger partial charge < -0.3 is 0 Å². The van der Waals surface area contributed by atoms with Crippen LogP contribution in [0.2, 0.25) is 0 Å². The second kappa shape index (κ2) is 2.48. The van der Waals surface area contributed by atoms with Gasteiger partial charge in [-0.15, -0.1) is 0 Å². The van der Waals surface area contributed by atoms with E-state index in [1.807, 2.05) is 0 Å². The van der Waals surface area contributed by atoms with Gasteiger partial charge in [-0.2, -0.15) is 0 Å². The van der Waals surface area contributed by atoms with Crippen molar-refractivity contribution in [2.75, 3.05) is 0 Å². The van der Waals surface area contributed by atoms with E-state index in [1.54, 1.807) is 6.08 Å². The predicted molar refractivity (Wildman–Crippen MR) is 40.4 cm³/mol. The number of carbonyl (C=O) groups is 1. The molecule has 1 nitrogen and oxygen atoms in total. The molecule has 0 aromatic rings. The van der Waals surface area contributed by atoms with Crippen molar-refractivity contribution in [1.29, 1.82) is 0 Å². The third-order valence-corrected chi connectivity index (χ3v) is 2.35. The molecule has 0 aliphatic heterocycles. The summed E-state index contributed by atoms with van der Waals surface area (Å²) in [7, 11) is 0. The Bertz CT molecular complexity index is 191. The molecule has 1 rings (SSSR count). The Morgan fingerprint density at radius 1 is 1.56 bits per heavy atom. The van der Waals surface area contributed by atoms with Crippen molar-refractivity contribution in [3.05, 3.63) is 22.7 Å². The molecule has 0 spiro atoms. The maximum Gasteiger partial charge on any atom is 0.170 e. The minimum atomic E-state index is 0.199. The van der Waals surface area contributed by atoms with Crippen molar-refractivity contribution in [3.8, 4) is 0 Å². The first-order valence-corrected chi connectivity index (χ1v) is 3.59. The third-order valence-electron chi connectivity index (χ3n) is 1.39. The van der Waals surface area contributed by atoms with Crippen molar-refractivity contribution in [2.45, 2.75) is 12.8 Å². The van der Waals surface area contributed by atoms with Gasteiger partial charge >= 0.3 is 0 Å². The zero-order valence-corrected chi connectivity index (χ0v) is 6.57. The van der Waals surface area contributed by atoms with Gasteiger partial charge in [0.2, 0.25) is 0 Å². The van der Waals surface area contributed by atoms with Crippen molar-refractivity contribution >= 4 is 21.7 Å². The molecule has 0 aromatic heterocycles. The second-order valence-electron chi connectivity index (χ2n) is 1.97. The summed E-state index contributed by atoms with van der Waals surface area (Å²) < 4.78 is 0.720. The van der Waals surface area contributed by atoms with Crippen LogP contribution in [-0.2, 0) is 4.79 Å². The minimum absolute atomic E-state index is 0.199. The van der Waals surface area contributed by atoms with E-state index < -0.39 is 0 Å². The molecule has 48 valence electrons. The normalized spacial score (nSPS) is 19.0. The van der Waals surface area contributed by atoms with E-state index in [4.69, 9.17) is 0 Å². The summed E-state index contributed by atoms with van der Waals surface area (Å²) >= 11 is 3.19. The first-order chi connectivity index (χ1) is 4.25. The molecule has 0 aromatic carbocycles. The molecule has 0 N–H and O–H groups in total. The monoisotopic (exact) mass is 186 g/mol. The number of hydrogen-bond acceptors (Lipinski definition) is 1. The van der Waals surface area contributed by atoms with Gasteiger partial charge in [-0.05, 0) is 27.9 Å². The van der Waals surface area contributed by atoms with E-state index in [0.717, 1.165) is 16.5 Å². The van der Waals surface area contributed by atoms with E-state index in [-0.39, 0.29) is 5.78 Å². The Morgan fingerprint density at radius 3 is 2.44 bits per heavy atom. The van der Waals surface area contributed by atoms with Crippen LogP contribution in [0.5, 0.6) is 0 Å². The average molecular weight is 187 g/mol. The van der Waals surface area contributed by atoms with Crippen LogP contribution in [0, 0.1) is 0 Å². The molecule has 0 amide bonds. The number of allylic oxidation sites excluding steroid dienone is 3. The highest BCUT2D eigenvalue weighted by atomic mass is 79.9. The van der Waals surface area contributed by atoms with Crippen LogP contribution in [0.25, 0.3) is 0 Å². The summed E-state index contributed by atoms with van der Waals surface area (Å²) in [6.07, 6.45) is 3.22. The lowest BCUT2D eigenvalue weighted by Gasteiger charge is -1.86. The van der Waals surface area contributed by atoms with Gasteiger partial charge in [0.05, 0.1) is 4.48 Å². The number of hydrogen-bond donors (Lipinski definition) is 0. The highest BCUT2D eigenvalue weighted by Crippen LogP contribution is 2.27. The van der Waals surface area contributed by atoms with Crippen LogP contribution in [-0.4, -0.2) is 5.78 Å². The average Bonchev–Trinajstić information content (AvgIpc) is 2.15. The van der Waals surface area contributed by atoms with Crippen LogP contribution < -0.4 is 0 Å². The molecular formula is C7H7BrO. The molecule has 0 heterocycles.